The van der Waals surface area contributed by atoms with E-state index in [1.165, 1.54) is 6.42 Å². The van der Waals surface area contributed by atoms with Crippen LogP contribution in [0.15, 0.2) is 24.3 Å². The summed E-state index contributed by atoms with van der Waals surface area (Å²) < 4.78 is 39.5. The van der Waals surface area contributed by atoms with Gasteiger partial charge < -0.3 is 9.47 Å². The molecule has 0 radical (unpaired) electrons. The van der Waals surface area contributed by atoms with Gasteiger partial charge in [-0.3, -0.25) is 4.18 Å². The molecule has 1 spiro atoms. The average molecular weight is 341 g/mol. The first-order valence-corrected chi connectivity index (χ1v) is 9.44. The minimum Gasteiger partial charge on any atom is -0.341 e. The maximum absolute atomic E-state index is 11.1. The van der Waals surface area contributed by atoms with Crippen molar-refractivity contribution in [1.82, 2.24) is 0 Å². The zero-order valence-corrected chi connectivity index (χ0v) is 14.1. The lowest BCUT2D eigenvalue weighted by molar-refractivity contribution is -0.196. The second-order valence-electron chi connectivity index (χ2n) is 6.30. The van der Waals surface area contributed by atoms with Gasteiger partial charge in [0.15, 0.2) is 5.79 Å². The number of benzene rings is 1. The van der Waals surface area contributed by atoms with Gasteiger partial charge in [0.2, 0.25) is 0 Å². The van der Waals surface area contributed by atoms with E-state index >= 15 is 0 Å². The molecule has 1 saturated carbocycles. The molecule has 6 nitrogen and oxygen atoms in total. The number of aryl methyl sites for hydroxylation is 1. The molecule has 2 aliphatic rings. The fourth-order valence-electron chi connectivity index (χ4n) is 3.45. The molecular weight excluding hydrogens is 318 g/mol. The summed E-state index contributed by atoms with van der Waals surface area (Å²) in [7, 11) is -4.01. The highest BCUT2D eigenvalue weighted by molar-refractivity contribution is 7.84. The Kier molecular flexibility index (Phi) is 4.75. The van der Waals surface area contributed by atoms with Gasteiger partial charge in [-0.2, -0.15) is 8.42 Å². The Balaban J connectivity index is 1.85. The van der Waals surface area contributed by atoms with E-state index in [4.69, 9.17) is 18.8 Å². The van der Waals surface area contributed by atoms with Crippen LogP contribution in [0.4, 0.5) is 0 Å². The number of hydrogen-bond donors (Lipinski definition) is 1. The Labute approximate surface area is 137 Å². The van der Waals surface area contributed by atoms with E-state index in [-0.39, 0.29) is 12.7 Å². The molecule has 1 aromatic rings. The average Bonchev–Trinajstić information content (AvgIpc) is 2.84. The molecule has 7 heteroatoms. The number of ether oxygens (including phenoxy) is 2. The van der Waals surface area contributed by atoms with Crippen molar-refractivity contribution >= 4 is 10.3 Å². The van der Waals surface area contributed by atoms with E-state index in [9.17, 15) is 8.42 Å². The lowest BCUT2D eigenvalue weighted by atomic mass is 9.94. The second kappa shape index (κ2) is 6.49. The molecule has 1 aromatic carbocycles. The topological polar surface area (TPSA) is 87.8 Å². The molecule has 1 aliphatic carbocycles. The van der Waals surface area contributed by atoms with Crippen molar-refractivity contribution in [3.63, 3.8) is 0 Å². The highest BCUT2D eigenvalue weighted by atomic mass is 32.2. The van der Waals surface area contributed by atoms with Crippen molar-refractivity contribution in [3.05, 3.63) is 35.4 Å². The quantitative estimate of drug-likeness (QED) is 0.908. The van der Waals surface area contributed by atoms with E-state index in [0.29, 0.717) is 0 Å². The molecule has 0 unspecified atom stereocenters. The SMILES string of the molecule is Cc1ccccc1[C@H]1OC2(CCCCC2)O[C@@H]1COS(N)(=O)=O. The molecule has 1 aliphatic heterocycles. The maximum Gasteiger partial charge on any atom is 0.333 e. The van der Waals surface area contributed by atoms with Crippen LogP contribution < -0.4 is 5.14 Å². The summed E-state index contributed by atoms with van der Waals surface area (Å²) >= 11 is 0. The predicted molar refractivity (Wildman–Crippen MR) is 84.8 cm³/mol. The summed E-state index contributed by atoms with van der Waals surface area (Å²) in [6.45, 7) is 1.86. The largest absolute Gasteiger partial charge is 0.341 e. The van der Waals surface area contributed by atoms with E-state index in [0.717, 1.165) is 36.8 Å². The van der Waals surface area contributed by atoms with Gasteiger partial charge >= 0.3 is 10.3 Å². The molecule has 128 valence electrons. The molecule has 2 fully saturated rings. The Morgan fingerprint density at radius 1 is 1.22 bits per heavy atom. The third-order valence-electron chi connectivity index (χ3n) is 4.55. The van der Waals surface area contributed by atoms with Gasteiger partial charge in [0, 0.05) is 12.8 Å². The predicted octanol–water partition coefficient (Wildman–Crippen LogP) is 2.33. The van der Waals surface area contributed by atoms with Crippen LogP contribution in [0, 0.1) is 6.92 Å². The smallest absolute Gasteiger partial charge is 0.333 e. The lowest BCUT2D eigenvalue weighted by Gasteiger charge is -2.32. The molecule has 2 atom stereocenters. The standard InChI is InChI=1S/C16H23NO5S/c1-12-7-3-4-8-13(12)15-14(11-20-23(17,18)19)21-16(22-15)9-5-2-6-10-16/h3-4,7-8,14-15H,2,5-6,9-11H2,1H3,(H2,17,18,19)/t14-,15-/m1/s1. The van der Waals surface area contributed by atoms with Crippen molar-refractivity contribution in [2.24, 2.45) is 5.14 Å². The van der Waals surface area contributed by atoms with Crippen molar-refractivity contribution < 1.29 is 22.1 Å². The van der Waals surface area contributed by atoms with Crippen LogP contribution in [0.3, 0.4) is 0 Å². The van der Waals surface area contributed by atoms with Gasteiger partial charge in [-0.25, -0.2) is 5.14 Å². The van der Waals surface area contributed by atoms with E-state index in [1.54, 1.807) is 0 Å². The highest BCUT2D eigenvalue weighted by Gasteiger charge is 2.49. The summed E-state index contributed by atoms with van der Waals surface area (Å²) in [6.07, 6.45) is 4.06. The van der Waals surface area contributed by atoms with Gasteiger partial charge in [-0.15, -0.1) is 0 Å². The van der Waals surface area contributed by atoms with Crippen LogP contribution in [0.2, 0.25) is 0 Å². The first-order valence-electron chi connectivity index (χ1n) is 7.97. The molecule has 2 N–H and O–H groups in total. The third kappa shape index (κ3) is 3.92. The van der Waals surface area contributed by atoms with Gasteiger partial charge in [0.05, 0.1) is 6.61 Å². The summed E-state index contributed by atoms with van der Waals surface area (Å²) in [5.74, 6) is -0.627. The Bertz CT molecular complexity index is 654. The van der Waals surface area contributed by atoms with Crippen LogP contribution in [0.1, 0.15) is 49.3 Å². The summed E-state index contributed by atoms with van der Waals surface area (Å²) in [5, 5.41) is 4.95. The fourth-order valence-corrected chi connectivity index (χ4v) is 3.78. The Morgan fingerprint density at radius 2 is 1.91 bits per heavy atom. The zero-order chi connectivity index (χ0) is 16.5. The maximum atomic E-state index is 11.1. The van der Waals surface area contributed by atoms with E-state index in [1.807, 2.05) is 31.2 Å². The van der Waals surface area contributed by atoms with Gasteiger partial charge in [0.25, 0.3) is 0 Å². The van der Waals surface area contributed by atoms with Crippen LogP contribution in [-0.4, -0.2) is 26.9 Å². The van der Waals surface area contributed by atoms with Crippen LogP contribution >= 0.6 is 0 Å². The number of hydrogen-bond acceptors (Lipinski definition) is 5. The molecule has 0 aromatic heterocycles. The number of nitrogens with two attached hydrogens (primary N) is 1. The molecule has 0 amide bonds. The van der Waals surface area contributed by atoms with Gasteiger partial charge in [-0.05, 0) is 30.9 Å². The second-order valence-corrected chi connectivity index (χ2v) is 7.52. The van der Waals surface area contributed by atoms with Crippen molar-refractivity contribution in [3.8, 4) is 0 Å². The highest BCUT2D eigenvalue weighted by Crippen LogP contribution is 2.46. The summed E-state index contributed by atoms with van der Waals surface area (Å²) in [4.78, 5) is 0. The van der Waals surface area contributed by atoms with Crippen LogP contribution in [0.5, 0.6) is 0 Å². The zero-order valence-electron chi connectivity index (χ0n) is 13.2. The minimum absolute atomic E-state index is 0.139. The fraction of sp³-hybridized carbons (Fsp3) is 0.625. The Hall–Kier alpha value is -0.990. The Morgan fingerprint density at radius 3 is 2.57 bits per heavy atom. The molecular formula is C16H23NO5S. The van der Waals surface area contributed by atoms with Gasteiger partial charge in [-0.1, -0.05) is 30.7 Å². The molecule has 23 heavy (non-hydrogen) atoms. The van der Waals surface area contributed by atoms with E-state index < -0.39 is 22.2 Å². The summed E-state index contributed by atoms with van der Waals surface area (Å²) in [6, 6.07) is 7.88. The van der Waals surface area contributed by atoms with Crippen molar-refractivity contribution in [2.45, 2.75) is 57.0 Å². The van der Waals surface area contributed by atoms with E-state index in [2.05, 4.69) is 0 Å². The third-order valence-corrected chi connectivity index (χ3v) is 5.02. The number of rotatable bonds is 4. The van der Waals surface area contributed by atoms with Gasteiger partial charge in [0.1, 0.15) is 12.2 Å². The van der Waals surface area contributed by atoms with Crippen molar-refractivity contribution in [2.75, 3.05) is 6.61 Å². The normalized spacial score (nSPS) is 27.4. The first kappa shape index (κ1) is 16.9. The van der Waals surface area contributed by atoms with Crippen LogP contribution in [0.25, 0.3) is 0 Å². The monoisotopic (exact) mass is 341 g/mol. The minimum atomic E-state index is -4.01. The molecule has 3 rings (SSSR count). The molecule has 1 saturated heterocycles. The summed E-state index contributed by atoms with van der Waals surface area (Å²) in [5.41, 5.74) is 2.08. The first-order chi connectivity index (χ1) is 10.9. The van der Waals surface area contributed by atoms with Crippen LogP contribution in [-0.2, 0) is 24.0 Å². The molecule has 1 heterocycles. The van der Waals surface area contributed by atoms with Crippen molar-refractivity contribution in [1.29, 1.82) is 0 Å². The molecule has 0 bridgehead atoms. The lowest BCUT2D eigenvalue weighted by Crippen LogP contribution is -2.34.